The zero-order valence-electron chi connectivity index (χ0n) is 11.8. The summed E-state index contributed by atoms with van der Waals surface area (Å²) >= 11 is 0. The summed E-state index contributed by atoms with van der Waals surface area (Å²) in [6.07, 6.45) is 1.35. The molecular weight excluding hydrogens is 260 g/mol. The first-order chi connectivity index (χ1) is 9.47. The second-order valence-electron chi connectivity index (χ2n) is 5.24. The monoisotopic (exact) mass is 280 g/mol. The highest BCUT2D eigenvalue weighted by atomic mass is 16.4. The topological polar surface area (TPSA) is 82.8 Å². The summed E-state index contributed by atoms with van der Waals surface area (Å²) in [4.78, 5) is 24.7. The Morgan fingerprint density at radius 1 is 1.50 bits per heavy atom. The number of furan rings is 1. The molecule has 6 nitrogen and oxygen atoms in total. The van der Waals surface area contributed by atoms with Crippen LogP contribution in [0.4, 0.5) is 4.79 Å². The summed E-state index contributed by atoms with van der Waals surface area (Å²) in [5, 5.41) is 11.9. The molecule has 2 heterocycles. The minimum absolute atomic E-state index is 0.235. The van der Waals surface area contributed by atoms with E-state index < -0.39 is 11.9 Å². The van der Waals surface area contributed by atoms with Gasteiger partial charge in [0.1, 0.15) is 11.5 Å². The molecule has 1 saturated heterocycles. The number of rotatable bonds is 3. The van der Waals surface area contributed by atoms with Crippen LogP contribution in [0.5, 0.6) is 0 Å². The van der Waals surface area contributed by atoms with E-state index in [4.69, 9.17) is 9.52 Å². The summed E-state index contributed by atoms with van der Waals surface area (Å²) < 4.78 is 5.47. The number of carbonyl (C=O) groups is 2. The lowest BCUT2D eigenvalue weighted by atomic mass is 9.99. The van der Waals surface area contributed by atoms with Gasteiger partial charge in [-0.25, -0.2) is 4.79 Å². The largest absolute Gasteiger partial charge is 0.481 e. The van der Waals surface area contributed by atoms with Gasteiger partial charge in [-0.15, -0.1) is 0 Å². The minimum Gasteiger partial charge on any atom is -0.481 e. The van der Waals surface area contributed by atoms with Gasteiger partial charge in [-0.05, 0) is 38.8 Å². The van der Waals surface area contributed by atoms with E-state index in [2.05, 4.69) is 5.32 Å². The summed E-state index contributed by atoms with van der Waals surface area (Å²) in [5.41, 5.74) is 0. The molecule has 1 aromatic heterocycles. The van der Waals surface area contributed by atoms with Crippen molar-refractivity contribution in [3.63, 3.8) is 0 Å². The average molecular weight is 280 g/mol. The van der Waals surface area contributed by atoms with E-state index in [1.54, 1.807) is 4.90 Å². The van der Waals surface area contributed by atoms with Crippen LogP contribution in [0.3, 0.4) is 0 Å². The lowest BCUT2D eigenvalue weighted by Gasteiger charge is -2.31. The summed E-state index contributed by atoms with van der Waals surface area (Å²) in [7, 11) is 0. The fourth-order valence-corrected chi connectivity index (χ4v) is 2.40. The van der Waals surface area contributed by atoms with Crippen LogP contribution in [0.25, 0.3) is 0 Å². The average Bonchev–Trinajstić information content (AvgIpc) is 2.85. The van der Waals surface area contributed by atoms with Gasteiger partial charge in [0.2, 0.25) is 0 Å². The molecule has 0 spiro atoms. The number of likely N-dealkylation sites (tertiary alicyclic amines) is 1. The van der Waals surface area contributed by atoms with Crippen LogP contribution in [-0.2, 0) is 4.79 Å². The second-order valence-corrected chi connectivity index (χ2v) is 5.24. The number of piperidine rings is 1. The number of aryl methyl sites for hydroxylation is 1. The lowest BCUT2D eigenvalue weighted by molar-refractivity contribution is -0.143. The van der Waals surface area contributed by atoms with Crippen LogP contribution in [-0.4, -0.2) is 35.1 Å². The molecule has 2 rings (SSSR count). The zero-order chi connectivity index (χ0) is 14.7. The molecule has 0 aromatic carbocycles. The number of nitrogens with one attached hydrogen (secondary N) is 1. The van der Waals surface area contributed by atoms with Crippen LogP contribution in [0.2, 0.25) is 0 Å². The van der Waals surface area contributed by atoms with Gasteiger partial charge in [0.05, 0.1) is 12.0 Å². The predicted molar refractivity (Wildman–Crippen MR) is 72.3 cm³/mol. The fourth-order valence-electron chi connectivity index (χ4n) is 2.40. The number of hydrogen-bond acceptors (Lipinski definition) is 3. The van der Waals surface area contributed by atoms with Gasteiger partial charge in [0.15, 0.2) is 0 Å². The summed E-state index contributed by atoms with van der Waals surface area (Å²) in [6.45, 7) is 4.56. The van der Waals surface area contributed by atoms with Gasteiger partial charge in [-0.3, -0.25) is 4.79 Å². The molecule has 2 atom stereocenters. The quantitative estimate of drug-likeness (QED) is 0.888. The number of nitrogens with zero attached hydrogens (tertiary/aromatic N) is 1. The third-order valence-corrected chi connectivity index (χ3v) is 3.59. The lowest BCUT2D eigenvalue weighted by Crippen LogP contribution is -2.47. The van der Waals surface area contributed by atoms with Gasteiger partial charge >= 0.3 is 12.0 Å². The van der Waals surface area contributed by atoms with Crippen molar-refractivity contribution in [2.45, 2.75) is 32.7 Å². The molecule has 0 radical (unpaired) electrons. The number of carboxylic acids is 1. The Labute approximate surface area is 117 Å². The first-order valence-electron chi connectivity index (χ1n) is 6.82. The van der Waals surface area contributed by atoms with E-state index in [9.17, 15) is 9.59 Å². The van der Waals surface area contributed by atoms with Crippen molar-refractivity contribution in [3.05, 3.63) is 23.7 Å². The Morgan fingerprint density at radius 3 is 2.85 bits per heavy atom. The van der Waals surface area contributed by atoms with E-state index in [0.717, 1.165) is 12.2 Å². The van der Waals surface area contributed by atoms with E-state index in [1.807, 2.05) is 26.0 Å². The molecule has 1 fully saturated rings. The number of carboxylic acid groups (broad SMARTS) is 1. The number of aliphatic carboxylic acids is 1. The highest BCUT2D eigenvalue weighted by Gasteiger charge is 2.28. The minimum atomic E-state index is -0.836. The molecule has 20 heavy (non-hydrogen) atoms. The van der Waals surface area contributed by atoms with Crippen molar-refractivity contribution in [2.75, 3.05) is 13.1 Å². The van der Waals surface area contributed by atoms with Crippen LogP contribution >= 0.6 is 0 Å². The molecule has 0 bridgehead atoms. The highest BCUT2D eigenvalue weighted by molar-refractivity contribution is 5.76. The molecule has 110 valence electrons. The van der Waals surface area contributed by atoms with Crippen LogP contribution in [0.15, 0.2) is 16.5 Å². The number of amides is 2. The Hall–Kier alpha value is -1.98. The van der Waals surface area contributed by atoms with E-state index in [1.165, 1.54) is 0 Å². The maximum absolute atomic E-state index is 12.1. The Morgan fingerprint density at radius 2 is 2.25 bits per heavy atom. The maximum atomic E-state index is 12.1. The van der Waals surface area contributed by atoms with E-state index >= 15 is 0 Å². The predicted octanol–water partition coefficient (Wildman–Crippen LogP) is 2.16. The Balaban J connectivity index is 1.92. The van der Waals surface area contributed by atoms with Crippen molar-refractivity contribution >= 4 is 12.0 Å². The molecule has 6 heteroatoms. The number of hydrogen-bond donors (Lipinski definition) is 2. The second kappa shape index (κ2) is 5.98. The van der Waals surface area contributed by atoms with Crippen molar-refractivity contribution in [2.24, 2.45) is 5.92 Å². The summed E-state index contributed by atoms with van der Waals surface area (Å²) in [5.74, 6) is 0.195. The SMILES string of the molecule is Cc1ccc(C(C)NC(=O)N2CCCC(C(=O)O)C2)o1. The normalized spacial score (nSPS) is 20.5. The summed E-state index contributed by atoms with van der Waals surface area (Å²) in [6, 6.07) is 3.20. The van der Waals surface area contributed by atoms with Gasteiger partial charge in [-0.1, -0.05) is 0 Å². The maximum Gasteiger partial charge on any atom is 0.318 e. The molecular formula is C14H20N2O4. The van der Waals surface area contributed by atoms with Crippen molar-refractivity contribution in [1.82, 2.24) is 10.2 Å². The first-order valence-corrected chi connectivity index (χ1v) is 6.82. The number of carbonyl (C=O) groups excluding carboxylic acids is 1. The van der Waals surface area contributed by atoms with Crippen LogP contribution < -0.4 is 5.32 Å². The fraction of sp³-hybridized carbons (Fsp3) is 0.571. The molecule has 2 unspecified atom stereocenters. The molecule has 2 N–H and O–H groups in total. The molecule has 0 saturated carbocycles. The standard InChI is InChI=1S/C14H20N2O4/c1-9-5-6-12(20-9)10(2)15-14(19)16-7-3-4-11(8-16)13(17)18/h5-6,10-11H,3-4,7-8H2,1-2H3,(H,15,19)(H,17,18). The Bertz CT molecular complexity index is 497. The third-order valence-electron chi connectivity index (χ3n) is 3.59. The molecule has 1 aromatic rings. The van der Waals surface area contributed by atoms with Gasteiger partial charge < -0.3 is 19.7 Å². The van der Waals surface area contributed by atoms with Gasteiger partial charge in [0, 0.05) is 13.1 Å². The van der Waals surface area contributed by atoms with Crippen molar-refractivity contribution in [1.29, 1.82) is 0 Å². The molecule has 2 amide bonds. The van der Waals surface area contributed by atoms with Gasteiger partial charge in [0.25, 0.3) is 0 Å². The van der Waals surface area contributed by atoms with E-state index in [-0.39, 0.29) is 18.6 Å². The van der Waals surface area contributed by atoms with Crippen LogP contribution in [0.1, 0.15) is 37.3 Å². The first kappa shape index (κ1) is 14.4. The van der Waals surface area contributed by atoms with Crippen molar-refractivity contribution in [3.8, 4) is 0 Å². The third kappa shape index (κ3) is 3.31. The smallest absolute Gasteiger partial charge is 0.318 e. The molecule has 1 aliphatic heterocycles. The molecule has 1 aliphatic rings. The highest BCUT2D eigenvalue weighted by Crippen LogP contribution is 2.19. The van der Waals surface area contributed by atoms with Gasteiger partial charge in [-0.2, -0.15) is 0 Å². The number of urea groups is 1. The van der Waals surface area contributed by atoms with Crippen molar-refractivity contribution < 1.29 is 19.1 Å². The van der Waals surface area contributed by atoms with E-state index in [0.29, 0.717) is 18.7 Å². The zero-order valence-corrected chi connectivity index (χ0v) is 11.8. The molecule has 0 aliphatic carbocycles. The Kier molecular flexibility index (Phi) is 4.32. The van der Waals surface area contributed by atoms with Crippen LogP contribution in [0, 0.1) is 12.8 Å².